The molecule has 0 radical (unpaired) electrons. The average Bonchev–Trinajstić information content (AvgIpc) is 2.88. The number of para-hydroxylation sites is 1. The van der Waals surface area contributed by atoms with E-state index in [0.717, 1.165) is 23.4 Å². The van der Waals surface area contributed by atoms with Crippen molar-refractivity contribution in [1.29, 1.82) is 0 Å². The van der Waals surface area contributed by atoms with Crippen molar-refractivity contribution in [1.82, 2.24) is 9.78 Å². The minimum Gasteiger partial charge on any atom is -0.487 e. The van der Waals surface area contributed by atoms with E-state index < -0.39 is 0 Å². The molecule has 0 saturated carbocycles. The fraction of sp³-hybridized carbons (Fsp3) is 0.375. The van der Waals surface area contributed by atoms with Gasteiger partial charge in [-0.05, 0) is 31.0 Å². The van der Waals surface area contributed by atoms with Crippen LogP contribution >= 0.6 is 0 Å². The van der Waals surface area contributed by atoms with Gasteiger partial charge in [-0.1, -0.05) is 31.1 Å². The minimum atomic E-state index is 0.433. The van der Waals surface area contributed by atoms with E-state index in [1.807, 2.05) is 49.0 Å². The summed E-state index contributed by atoms with van der Waals surface area (Å²) in [5, 5.41) is 16.8. The molecule has 2 rings (SSSR count). The first-order chi connectivity index (χ1) is 10.2. The van der Waals surface area contributed by atoms with E-state index in [1.54, 1.807) is 0 Å². The molecule has 112 valence electrons. The first-order valence-electron chi connectivity index (χ1n) is 7.14. The van der Waals surface area contributed by atoms with E-state index in [2.05, 4.69) is 17.2 Å². The van der Waals surface area contributed by atoms with Gasteiger partial charge in [-0.15, -0.1) is 0 Å². The van der Waals surface area contributed by atoms with Crippen molar-refractivity contribution < 1.29 is 9.94 Å². The topological polar surface area (TPSA) is 59.6 Å². The fourth-order valence-electron chi connectivity index (χ4n) is 2.18. The summed E-state index contributed by atoms with van der Waals surface area (Å²) in [6, 6.07) is 9.64. The molecule has 0 aliphatic carbocycles. The molecule has 1 aromatic heterocycles. The molecule has 0 amide bonds. The van der Waals surface area contributed by atoms with Gasteiger partial charge in [-0.2, -0.15) is 5.10 Å². The Morgan fingerprint density at radius 2 is 2.10 bits per heavy atom. The quantitative estimate of drug-likeness (QED) is 0.504. The Kier molecular flexibility index (Phi) is 4.98. The predicted octanol–water partition coefficient (Wildman–Crippen LogP) is 3.15. The maximum atomic E-state index is 9.09. The zero-order valence-corrected chi connectivity index (χ0v) is 12.7. The van der Waals surface area contributed by atoms with Crippen LogP contribution in [0.15, 0.2) is 35.5 Å². The third-order valence-electron chi connectivity index (χ3n) is 3.42. The third kappa shape index (κ3) is 3.42. The van der Waals surface area contributed by atoms with Gasteiger partial charge in [0.2, 0.25) is 0 Å². The fourth-order valence-corrected chi connectivity index (χ4v) is 2.18. The molecule has 0 aliphatic rings. The Bertz CT molecular complexity index is 632. The molecule has 0 fully saturated rings. The largest absolute Gasteiger partial charge is 0.487 e. The van der Waals surface area contributed by atoms with Gasteiger partial charge in [0.05, 0.1) is 17.1 Å². The molecule has 1 heterocycles. The van der Waals surface area contributed by atoms with Crippen molar-refractivity contribution in [2.45, 2.75) is 33.3 Å². The lowest BCUT2D eigenvalue weighted by Gasteiger charge is -2.11. The van der Waals surface area contributed by atoms with Crippen LogP contribution in [0, 0.1) is 0 Å². The van der Waals surface area contributed by atoms with Crippen molar-refractivity contribution in [2.75, 3.05) is 0 Å². The predicted molar refractivity (Wildman–Crippen MR) is 82.0 cm³/mol. The SMILES string of the molecule is CCC(=NO)c1ccccc1OCc1cc(CC)nn1C. The number of ether oxygens (including phenoxy) is 1. The Labute approximate surface area is 124 Å². The summed E-state index contributed by atoms with van der Waals surface area (Å²) in [5.41, 5.74) is 3.50. The lowest BCUT2D eigenvalue weighted by Crippen LogP contribution is -2.07. The molecule has 21 heavy (non-hydrogen) atoms. The molecule has 2 aromatic rings. The van der Waals surface area contributed by atoms with Crippen LogP contribution in [0.3, 0.4) is 0 Å². The van der Waals surface area contributed by atoms with Crippen molar-refractivity contribution >= 4 is 5.71 Å². The van der Waals surface area contributed by atoms with Crippen LogP contribution in [0.1, 0.15) is 37.2 Å². The number of hydrogen-bond donors (Lipinski definition) is 1. The molecule has 0 bridgehead atoms. The Morgan fingerprint density at radius 3 is 2.71 bits per heavy atom. The molecule has 0 saturated heterocycles. The van der Waals surface area contributed by atoms with Crippen LogP contribution in [0.5, 0.6) is 5.75 Å². The van der Waals surface area contributed by atoms with E-state index in [1.165, 1.54) is 0 Å². The summed E-state index contributed by atoms with van der Waals surface area (Å²) in [6.45, 7) is 4.46. The number of benzene rings is 1. The van der Waals surface area contributed by atoms with Crippen LogP contribution in [0.2, 0.25) is 0 Å². The minimum absolute atomic E-state index is 0.433. The van der Waals surface area contributed by atoms with E-state index in [4.69, 9.17) is 9.94 Å². The molecule has 0 atom stereocenters. The Balaban J connectivity index is 2.18. The second kappa shape index (κ2) is 6.92. The monoisotopic (exact) mass is 287 g/mol. The van der Waals surface area contributed by atoms with Crippen LogP contribution in [0.4, 0.5) is 0 Å². The van der Waals surface area contributed by atoms with E-state index >= 15 is 0 Å². The van der Waals surface area contributed by atoms with Gasteiger partial charge in [0.1, 0.15) is 12.4 Å². The number of nitrogens with zero attached hydrogens (tertiary/aromatic N) is 3. The van der Waals surface area contributed by atoms with Gasteiger partial charge in [0.15, 0.2) is 0 Å². The van der Waals surface area contributed by atoms with Crippen molar-refractivity contribution in [3.8, 4) is 5.75 Å². The number of oxime groups is 1. The zero-order valence-electron chi connectivity index (χ0n) is 12.7. The van der Waals surface area contributed by atoms with Crippen LogP contribution in [-0.2, 0) is 20.1 Å². The third-order valence-corrected chi connectivity index (χ3v) is 3.42. The lowest BCUT2D eigenvalue weighted by atomic mass is 10.1. The standard InChI is InChI=1S/C16H21N3O2/c1-4-12-10-13(19(3)17-12)11-21-16-9-7-6-8-14(16)15(5-2)18-20/h6-10,20H,4-5,11H2,1-3H3. The van der Waals surface area contributed by atoms with Gasteiger partial charge in [0, 0.05) is 12.6 Å². The molecule has 5 nitrogen and oxygen atoms in total. The van der Waals surface area contributed by atoms with Gasteiger partial charge in [-0.25, -0.2) is 0 Å². The molecule has 0 aliphatic heterocycles. The summed E-state index contributed by atoms with van der Waals surface area (Å²) in [5.74, 6) is 0.714. The molecule has 1 N–H and O–H groups in total. The Hall–Kier alpha value is -2.30. The highest BCUT2D eigenvalue weighted by molar-refractivity contribution is 6.02. The number of aromatic nitrogens is 2. The summed E-state index contributed by atoms with van der Waals surface area (Å²) in [7, 11) is 1.91. The highest BCUT2D eigenvalue weighted by atomic mass is 16.5. The summed E-state index contributed by atoms with van der Waals surface area (Å²) in [4.78, 5) is 0. The lowest BCUT2D eigenvalue weighted by molar-refractivity contribution is 0.293. The van der Waals surface area contributed by atoms with Gasteiger partial charge >= 0.3 is 0 Å². The van der Waals surface area contributed by atoms with Crippen LogP contribution in [-0.4, -0.2) is 20.7 Å². The number of rotatable bonds is 6. The first kappa shape index (κ1) is 15.1. The van der Waals surface area contributed by atoms with Crippen molar-refractivity contribution in [2.24, 2.45) is 12.2 Å². The molecule has 1 aromatic carbocycles. The summed E-state index contributed by atoms with van der Waals surface area (Å²) < 4.78 is 7.73. The first-order valence-corrected chi connectivity index (χ1v) is 7.14. The normalized spacial score (nSPS) is 11.7. The highest BCUT2D eigenvalue weighted by Gasteiger charge is 2.11. The molecular weight excluding hydrogens is 266 g/mol. The maximum Gasteiger partial charge on any atom is 0.130 e. The van der Waals surface area contributed by atoms with Crippen LogP contribution in [0.25, 0.3) is 0 Å². The molecule has 0 unspecified atom stereocenters. The Morgan fingerprint density at radius 1 is 1.33 bits per heavy atom. The molecular formula is C16H21N3O2. The van der Waals surface area contributed by atoms with E-state index in [-0.39, 0.29) is 0 Å². The second-order valence-electron chi connectivity index (χ2n) is 4.79. The molecule has 5 heteroatoms. The van der Waals surface area contributed by atoms with Crippen molar-refractivity contribution in [3.05, 3.63) is 47.3 Å². The zero-order chi connectivity index (χ0) is 15.2. The van der Waals surface area contributed by atoms with Gasteiger partial charge < -0.3 is 9.94 Å². The average molecular weight is 287 g/mol. The van der Waals surface area contributed by atoms with E-state index in [0.29, 0.717) is 24.5 Å². The van der Waals surface area contributed by atoms with Crippen LogP contribution < -0.4 is 4.74 Å². The van der Waals surface area contributed by atoms with Gasteiger partial charge in [0.25, 0.3) is 0 Å². The number of hydrogen-bond acceptors (Lipinski definition) is 4. The summed E-state index contributed by atoms with van der Waals surface area (Å²) >= 11 is 0. The molecule has 0 spiro atoms. The highest BCUT2D eigenvalue weighted by Crippen LogP contribution is 2.21. The van der Waals surface area contributed by atoms with Gasteiger partial charge in [-0.3, -0.25) is 4.68 Å². The van der Waals surface area contributed by atoms with E-state index in [9.17, 15) is 0 Å². The summed E-state index contributed by atoms with van der Waals surface area (Å²) in [6.07, 6.45) is 1.55. The number of aryl methyl sites for hydroxylation is 2. The van der Waals surface area contributed by atoms with Crippen molar-refractivity contribution in [3.63, 3.8) is 0 Å². The maximum absolute atomic E-state index is 9.09. The second-order valence-corrected chi connectivity index (χ2v) is 4.79. The smallest absolute Gasteiger partial charge is 0.130 e.